The highest BCUT2D eigenvalue weighted by Gasteiger charge is 2.45. The number of halogens is 5. The van der Waals surface area contributed by atoms with Crippen LogP contribution in [-0.4, -0.2) is 77.6 Å². The number of nitrogens with zero attached hydrogens (tertiary/aromatic N) is 5. The van der Waals surface area contributed by atoms with Crippen molar-refractivity contribution in [3.05, 3.63) is 29.8 Å². The van der Waals surface area contributed by atoms with Crippen LogP contribution in [0.3, 0.4) is 0 Å². The quantitative estimate of drug-likeness (QED) is 0.286. The number of nitrogens with two attached hydrogens (primary N) is 1. The molecule has 2 aromatic heterocycles. The number of thiazole rings is 1. The summed E-state index contributed by atoms with van der Waals surface area (Å²) in [5.41, 5.74) is 4.67. The highest BCUT2D eigenvalue weighted by molar-refractivity contribution is 7.22. The predicted octanol–water partition coefficient (Wildman–Crippen LogP) is 5.08. The summed E-state index contributed by atoms with van der Waals surface area (Å²) in [4.78, 5) is 17.4. The van der Waals surface area contributed by atoms with Crippen LogP contribution < -0.4 is 25.4 Å². The van der Waals surface area contributed by atoms with Gasteiger partial charge in [0.15, 0.2) is 10.9 Å². The number of fused-ring (bicyclic) bond motifs is 3. The fourth-order valence-corrected chi connectivity index (χ4v) is 7.42. The number of ether oxygens (including phenoxy) is 2. The number of anilines is 2. The molecule has 0 radical (unpaired) electrons. The molecule has 2 aromatic carbocycles. The van der Waals surface area contributed by atoms with Crippen molar-refractivity contribution in [1.82, 2.24) is 25.2 Å². The van der Waals surface area contributed by atoms with Gasteiger partial charge in [0.05, 0.1) is 21.3 Å². The van der Waals surface area contributed by atoms with Gasteiger partial charge in [0.25, 0.3) is 0 Å². The van der Waals surface area contributed by atoms with Gasteiger partial charge in [-0.05, 0) is 57.0 Å². The Bertz CT molecular complexity index is 1700. The van der Waals surface area contributed by atoms with Crippen molar-refractivity contribution in [2.45, 2.75) is 37.6 Å². The third-order valence-corrected chi connectivity index (χ3v) is 9.45. The Morgan fingerprint density at radius 3 is 2.47 bits per heavy atom. The van der Waals surface area contributed by atoms with Gasteiger partial charge in [0.2, 0.25) is 0 Å². The van der Waals surface area contributed by atoms with Crippen molar-refractivity contribution in [3.63, 3.8) is 0 Å². The topological polar surface area (TPSA) is 102 Å². The van der Waals surface area contributed by atoms with E-state index in [1.165, 1.54) is 0 Å². The molecule has 0 atom stereocenters. The van der Waals surface area contributed by atoms with E-state index < -0.39 is 29.3 Å². The Morgan fingerprint density at radius 1 is 1.00 bits per heavy atom. The minimum atomic E-state index is -5.15. The Kier molecular flexibility index (Phi) is 6.93. The molecule has 3 fully saturated rings. The van der Waals surface area contributed by atoms with E-state index in [4.69, 9.17) is 10.5 Å². The summed E-state index contributed by atoms with van der Waals surface area (Å²) in [6, 6.07) is 3.21. The van der Waals surface area contributed by atoms with Crippen molar-refractivity contribution in [1.29, 1.82) is 0 Å². The number of nitrogens with one attached hydrogen (secondary N) is 1. The number of hydrogen-bond donors (Lipinski definition) is 2. The van der Waals surface area contributed by atoms with Gasteiger partial charge in [0.1, 0.15) is 29.5 Å². The molecule has 5 heterocycles. The standard InChI is InChI=1S/C28H28F5N7O2S/c29-17-4-3-15(22-23(17)43-25(34)36-22)19-18(42-28(31,32)33)13-16-21(20(19)30)37-26(38-24(16)39-11-7-35-8-12-39)41-14-27-5-1-9-40(27)10-2-6-27/h3-4,13,35H,1-2,5-12,14H2,(H2,34,36). The predicted molar refractivity (Wildman–Crippen MR) is 153 cm³/mol. The molecule has 7 rings (SSSR count). The maximum Gasteiger partial charge on any atom is 0.573 e. The van der Waals surface area contributed by atoms with Gasteiger partial charge in [-0.3, -0.25) is 4.90 Å². The van der Waals surface area contributed by atoms with Crippen LogP contribution in [-0.2, 0) is 0 Å². The minimum Gasteiger partial charge on any atom is -0.461 e. The van der Waals surface area contributed by atoms with Crippen molar-refractivity contribution in [2.24, 2.45) is 0 Å². The zero-order valence-corrected chi connectivity index (χ0v) is 23.8. The number of piperazine rings is 1. The summed E-state index contributed by atoms with van der Waals surface area (Å²) in [7, 11) is 0. The van der Waals surface area contributed by atoms with Gasteiger partial charge in [-0.15, -0.1) is 13.2 Å². The van der Waals surface area contributed by atoms with Crippen LogP contribution in [0.1, 0.15) is 25.7 Å². The smallest absolute Gasteiger partial charge is 0.461 e. The first kappa shape index (κ1) is 28.2. The fraction of sp³-hybridized carbons (Fsp3) is 0.464. The highest BCUT2D eigenvalue weighted by Crippen LogP contribution is 2.46. The normalized spacial score (nSPS) is 19.0. The molecular weight excluding hydrogens is 593 g/mol. The Labute approximate surface area is 246 Å². The van der Waals surface area contributed by atoms with E-state index in [0.717, 1.165) is 68.3 Å². The first-order chi connectivity index (χ1) is 20.6. The first-order valence-electron chi connectivity index (χ1n) is 14.1. The van der Waals surface area contributed by atoms with Gasteiger partial charge in [-0.25, -0.2) is 13.8 Å². The van der Waals surface area contributed by atoms with Crippen LogP contribution in [0.2, 0.25) is 0 Å². The van der Waals surface area contributed by atoms with E-state index in [2.05, 4.69) is 29.9 Å². The van der Waals surface area contributed by atoms with Crippen LogP contribution in [0.25, 0.3) is 32.2 Å². The van der Waals surface area contributed by atoms with Gasteiger partial charge in [-0.1, -0.05) is 11.3 Å². The lowest BCUT2D eigenvalue weighted by molar-refractivity contribution is -0.274. The van der Waals surface area contributed by atoms with E-state index in [-0.39, 0.29) is 49.2 Å². The number of hydrogen-bond acceptors (Lipinski definition) is 10. The molecule has 3 aliphatic heterocycles. The summed E-state index contributed by atoms with van der Waals surface area (Å²) in [6.07, 6.45) is -1.09. The number of rotatable bonds is 6. The zero-order valence-electron chi connectivity index (χ0n) is 22.9. The molecule has 0 amide bonds. The van der Waals surface area contributed by atoms with Crippen molar-refractivity contribution in [2.75, 3.05) is 56.5 Å². The van der Waals surface area contributed by atoms with E-state index in [1.54, 1.807) is 0 Å². The minimum absolute atomic E-state index is 0.0161. The van der Waals surface area contributed by atoms with Crippen LogP contribution in [0.15, 0.2) is 18.2 Å². The number of alkyl halides is 3. The number of aromatic nitrogens is 3. The van der Waals surface area contributed by atoms with Crippen molar-refractivity contribution < 1.29 is 31.4 Å². The molecule has 0 unspecified atom stereocenters. The average Bonchev–Trinajstić information content (AvgIpc) is 3.67. The molecule has 0 saturated carbocycles. The molecule has 0 aliphatic carbocycles. The Hall–Kier alpha value is -3.56. The van der Waals surface area contributed by atoms with Gasteiger partial charge < -0.3 is 25.4 Å². The Morgan fingerprint density at radius 2 is 1.74 bits per heavy atom. The van der Waals surface area contributed by atoms with Crippen LogP contribution >= 0.6 is 11.3 Å². The fourth-order valence-electron chi connectivity index (χ4n) is 6.66. The summed E-state index contributed by atoms with van der Waals surface area (Å²) in [5, 5.41) is 3.24. The molecule has 0 bridgehead atoms. The SMILES string of the molecule is Nc1nc2c(-c3c(OC(F)(F)F)cc4c(N5CCNCC5)nc(OCC56CCCN5CCC6)nc4c3F)ccc(F)c2s1. The van der Waals surface area contributed by atoms with E-state index in [9.17, 15) is 17.6 Å². The maximum absolute atomic E-state index is 16.7. The summed E-state index contributed by atoms with van der Waals surface area (Å²) in [5.74, 6) is -2.36. The third-order valence-electron chi connectivity index (χ3n) is 8.56. The summed E-state index contributed by atoms with van der Waals surface area (Å²) in [6.45, 7) is 4.47. The molecule has 3 N–H and O–H groups in total. The molecule has 228 valence electrons. The zero-order chi connectivity index (χ0) is 29.9. The van der Waals surface area contributed by atoms with Gasteiger partial charge in [0, 0.05) is 37.1 Å². The van der Waals surface area contributed by atoms with Gasteiger partial charge >= 0.3 is 12.4 Å². The second-order valence-electron chi connectivity index (χ2n) is 11.1. The lowest BCUT2D eigenvalue weighted by atomic mass is 9.95. The summed E-state index contributed by atoms with van der Waals surface area (Å²) >= 11 is 0.809. The third kappa shape index (κ3) is 5.06. The van der Waals surface area contributed by atoms with Crippen molar-refractivity contribution >= 4 is 43.4 Å². The monoisotopic (exact) mass is 621 g/mol. The molecule has 15 heteroatoms. The van der Waals surface area contributed by atoms with Crippen LogP contribution in [0.4, 0.5) is 32.9 Å². The van der Waals surface area contributed by atoms with Crippen LogP contribution in [0, 0.1) is 11.6 Å². The van der Waals surface area contributed by atoms with E-state index in [1.807, 2.05) is 4.90 Å². The summed E-state index contributed by atoms with van der Waals surface area (Å²) < 4.78 is 83.0. The highest BCUT2D eigenvalue weighted by atomic mass is 32.1. The molecule has 0 spiro atoms. The molecule has 3 saturated heterocycles. The maximum atomic E-state index is 16.7. The second kappa shape index (κ2) is 10.6. The molecule has 9 nitrogen and oxygen atoms in total. The molecule has 43 heavy (non-hydrogen) atoms. The lowest BCUT2D eigenvalue weighted by Crippen LogP contribution is -2.44. The van der Waals surface area contributed by atoms with Crippen LogP contribution in [0.5, 0.6) is 11.8 Å². The molecule has 3 aliphatic rings. The van der Waals surface area contributed by atoms with Gasteiger partial charge in [-0.2, -0.15) is 9.97 Å². The molecular formula is C28H28F5N7O2S. The Balaban J connectivity index is 1.42. The van der Waals surface area contributed by atoms with Crippen molar-refractivity contribution in [3.8, 4) is 22.9 Å². The van der Waals surface area contributed by atoms with E-state index >= 15 is 4.39 Å². The second-order valence-corrected chi connectivity index (χ2v) is 12.1. The lowest BCUT2D eigenvalue weighted by Gasteiger charge is -2.32. The largest absolute Gasteiger partial charge is 0.573 e. The number of benzene rings is 2. The van der Waals surface area contributed by atoms with E-state index in [0.29, 0.717) is 32.8 Å². The average molecular weight is 622 g/mol. The molecule has 4 aromatic rings. The number of nitrogen functional groups attached to an aromatic ring is 1. The first-order valence-corrected chi connectivity index (χ1v) is 14.9.